The fraction of sp³-hybridized carbons (Fsp3) is 0.700. The zero-order valence-corrected chi connectivity index (χ0v) is 9.40. The van der Waals surface area contributed by atoms with Crippen molar-refractivity contribution in [2.24, 2.45) is 5.92 Å². The number of nitrogens with one attached hydrogen (secondary N) is 1. The molecule has 0 fully saturated rings. The lowest BCUT2D eigenvalue weighted by Crippen LogP contribution is -2.22. The highest BCUT2D eigenvalue weighted by molar-refractivity contribution is 7.07. The molecule has 3 heteroatoms. The molecular weight excluding hydrogens is 180 g/mol. The standard InChI is InChI=1S/C10H18N2S/c1-4-11-9(5-8(2)3)10-6-13-7-12-10/h6-9,11H,4-5H2,1-3H3. The van der Waals surface area contributed by atoms with E-state index in [0.29, 0.717) is 12.0 Å². The van der Waals surface area contributed by atoms with Crippen molar-refractivity contribution in [3.8, 4) is 0 Å². The van der Waals surface area contributed by atoms with Crippen molar-refractivity contribution in [1.82, 2.24) is 10.3 Å². The van der Waals surface area contributed by atoms with Gasteiger partial charge in [0.1, 0.15) is 0 Å². The van der Waals surface area contributed by atoms with Crippen molar-refractivity contribution in [2.45, 2.75) is 33.2 Å². The Kier molecular flexibility index (Phi) is 4.39. The van der Waals surface area contributed by atoms with E-state index in [0.717, 1.165) is 13.0 Å². The molecule has 0 aliphatic rings. The van der Waals surface area contributed by atoms with E-state index in [1.165, 1.54) is 5.69 Å². The molecule has 2 nitrogen and oxygen atoms in total. The largest absolute Gasteiger partial charge is 0.309 e. The minimum atomic E-state index is 0.441. The molecule has 1 rings (SSSR count). The van der Waals surface area contributed by atoms with Gasteiger partial charge in [0.05, 0.1) is 17.2 Å². The lowest BCUT2D eigenvalue weighted by molar-refractivity contribution is 0.432. The maximum absolute atomic E-state index is 4.34. The second kappa shape index (κ2) is 5.35. The summed E-state index contributed by atoms with van der Waals surface area (Å²) in [5.74, 6) is 0.714. The molecule has 74 valence electrons. The summed E-state index contributed by atoms with van der Waals surface area (Å²) in [6, 6.07) is 0.441. The Balaban J connectivity index is 2.57. The topological polar surface area (TPSA) is 24.9 Å². The molecule has 0 aliphatic carbocycles. The van der Waals surface area contributed by atoms with Crippen LogP contribution in [0.2, 0.25) is 0 Å². The van der Waals surface area contributed by atoms with E-state index in [4.69, 9.17) is 0 Å². The summed E-state index contributed by atoms with van der Waals surface area (Å²) in [7, 11) is 0. The summed E-state index contributed by atoms with van der Waals surface area (Å²) >= 11 is 1.67. The number of thiazole rings is 1. The maximum atomic E-state index is 4.34. The van der Waals surface area contributed by atoms with Crippen molar-refractivity contribution >= 4 is 11.3 Å². The second-order valence-electron chi connectivity index (χ2n) is 3.65. The van der Waals surface area contributed by atoms with Gasteiger partial charge in [0.2, 0.25) is 0 Å². The monoisotopic (exact) mass is 198 g/mol. The number of nitrogens with zero attached hydrogens (tertiary/aromatic N) is 1. The molecule has 1 heterocycles. The van der Waals surface area contributed by atoms with Crippen molar-refractivity contribution in [3.63, 3.8) is 0 Å². The van der Waals surface area contributed by atoms with E-state index in [9.17, 15) is 0 Å². The summed E-state index contributed by atoms with van der Waals surface area (Å²) in [6.07, 6.45) is 1.16. The maximum Gasteiger partial charge on any atom is 0.0795 e. The van der Waals surface area contributed by atoms with E-state index in [2.05, 4.69) is 36.5 Å². The zero-order valence-electron chi connectivity index (χ0n) is 8.58. The molecule has 0 aromatic carbocycles. The smallest absolute Gasteiger partial charge is 0.0795 e. The van der Waals surface area contributed by atoms with Gasteiger partial charge in [-0.3, -0.25) is 0 Å². The van der Waals surface area contributed by atoms with Crippen molar-refractivity contribution in [3.05, 3.63) is 16.6 Å². The van der Waals surface area contributed by atoms with Gasteiger partial charge in [-0.15, -0.1) is 11.3 Å². The van der Waals surface area contributed by atoms with Gasteiger partial charge in [-0.1, -0.05) is 20.8 Å². The molecule has 0 saturated carbocycles. The summed E-state index contributed by atoms with van der Waals surface area (Å²) in [5, 5.41) is 5.60. The van der Waals surface area contributed by atoms with Gasteiger partial charge in [-0.05, 0) is 18.9 Å². The van der Waals surface area contributed by atoms with Crippen LogP contribution in [-0.4, -0.2) is 11.5 Å². The Morgan fingerprint density at radius 2 is 2.31 bits per heavy atom. The van der Waals surface area contributed by atoms with Gasteiger partial charge in [-0.25, -0.2) is 4.98 Å². The lowest BCUT2D eigenvalue weighted by Gasteiger charge is -2.17. The highest BCUT2D eigenvalue weighted by Gasteiger charge is 2.13. The van der Waals surface area contributed by atoms with E-state index in [1.807, 2.05) is 5.51 Å². The Morgan fingerprint density at radius 1 is 1.54 bits per heavy atom. The molecule has 0 radical (unpaired) electrons. The minimum Gasteiger partial charge on any atom is -0.309 e. The van der Waals surface area contributed by atoms with Crippen LogP contribution < -0.4 is 5.32 Å². The molecule has 0 amide bonds. The summed E-state index contributed by atoms with van der Waals surface area (Å²) < 4.78 is 0. The quantitative estimate of drug-likeness (QED) is 0.787. The Hall–Kier alpha value is -0.410. The van der Waals surface area contributed by atoms with E-state index in [-0.39, 0.29) is 0 Å². The Morgan fingerprint density at radius 3 is 2.77 bits per heavy atom. The SMILES string of the molecule is CCNC(CC(C)C)c1cscn1. The predicted octanol–water partition coefficient (Wildman–Crippen LogP) is 2.84. The zero-order chi connectivity index (χ0) is 9.68. The highest BCUT2D eigenvalue weighted by atomic mass is 32.1. The molecule has 0 spiro atoms. The van der Waals surface area contributed by atoms with Gasteiger partial charge < -0.3 is 5.32 Å². The summed E-state index contributed by atoms with van der Waals surface area (Å²) in [4.78, 5) is 4.34. The number of hydrogen-bond acceptors (Lipinski definition) is 3. The van der Waals surface area contributed by atoms with Crippen molar-refractivity contribution in [2.75, 3.05) is 6.54 Å². The fourth-order valence-electron chi connectivity index (χ4n) is 1.42. The third-order valence-electron chi connectivity index (χ3n) is 1.97. The second-order valence-corrected chi connectivity index (χ2v) is 4.37. The molecule has 1 aromatic heterocycles. The van der Waals surface area contributed by atoms with Crippen LogP contribution >= 0.6 is 11.3 Å². The van der Waals surface area contributed by atoms with Crippen LogP contribution in [0.1, 0.15) is 38.9 Å². The van der Waals surface area contributed by atoms with Crippen LogP contribution in [-0.2, 0) is 0 Å². The summed E-state index contributed by atoms with van der Waals surface area (Å²) in [5.41, 5.74) is 3.10. The van der Waals surface area contributed by atoms with Gasteiger partial charge in [0.15, 0.2) is 0 Å². The van der Waals surface area contributed by atoms with E-state index >= 15 is 0 Å². The van der Waals surface area contributed by atoms with E-state index < -0.39 is 0 Å². The molecule has 0 saturated heterocycles. The number of hydrogen-bond donors (Lipinski definition) is 1. The molecule has 13 heavy (non-hydrogen) atoms. The first-order valence-electron chi connectivity index (χ1n) is 4.85. The van der Waals surface area contributed by atoms with E-state index in [1.54, 1.807) is 11.3 Å². The highest BCUT2D eigenvalue weighted by Crippen LogP contribution is 2.20. The average Bonchev–Trinajstić information content (AvgIpc) is 2.54. The number of aromatic nitrogens is 1. The van der Waals surface area contributed by atoms with Crippen LogP contribution in [0.25, 0.3) is 0 Å². The molecule has 1 N–H and O–H groups in total. The lowest BCUT2D eigenvalue weighted by atomic mass is 10.0. The molecule has 1 unspecified atom stereocenters. The van der Waals surface area contributed by atoms with Gasteiger partial charge in [-0.2, -0.15) is 0 Å². The normalized spacial score (nSPS) is 13.5. The number of rotatable bonds is 5. The first-order valence-corrected chi connectivity index (χ1v) is 5.79. The summed E-state index contributed by atoms with van der Waals surface area (Å²) in [6.45, 7) is 7.64. The molecule has 1 atom stereocenters. The Labute approximate surface area is 84.4 Å². The average molecular weight is 198 g/mol. The molecule has 0 bridgehead atoms. The van der Waals surface area contributed by atoms with Crippen LogP contribution in [0.15, 0.2) is 10.9 Å². The van der Waals surface area contributed by atoms with Crippen LogP contribution in [0.5, 0.6) is 0 Å². The van der Waals surface area contributed by atoms with Crippen LogP contribution in [0.4, 0.5) is 0 Å². The third-order valence-corrected chi connectivity index (χ3v) is 2.57. The first-order chi connectivity index (χ1) is 6.24. The Bertz CT molecular complexity index is 219. The molecular formula is C10H18N2S. The molecule has 1 aromatic rings. The van der Waals surface area contributed by atoms with Crippen LogP contribution in [0, 0.1) is 5.92 Å². The molecule has 0 aliphatic heterocycles. The van der Waals surface area contributed by atoms with Gasteiger partial charge in [0.25, 0.3) is 0 Å². The van der Waals surface area contributed by atoms with Crippen LogP contribution in [0.3, 0.4) is 0 Å². The minimum absolute atomic E-state index is 0.441. The van der Waals surface area contributed by atoms with Crippen molar-refractivity contribution in [1.29, 1.82) is 0 Å². The van der Waals surface area contributed by atoms with Gasteiger partial charge in [0, 0.05) is 5.38 Å². The predicted molar refractivity (Wildman–Crippen MR) is 58.0 cm³/mol. The fourth-order valence-corrected chi connectivity index (χ4v) is 2.03. The first kappa shape index (κ1) is 10.7. The third kappa shape index (κ3) is 3.44. The van der Waals surface area contributed by atoms with Crippen molar-refractivity contribution < 1.29 is 0 Å². The van der Waals surface area contributed by atoms with Gasteiger partial charge >= 0.3 is 0 Å².